The number of rotatable bonds is 8. The van der Waals surface area contributed by atoms with Gasteiger partial charge in [0, 0.05) is 68.2 Å². The second-order valence-electron chi connectivity index (χ2n) is 24.4. The van der Waals surface area contributed by atoms with Gasteiger partial charge < -0.3 is 19.6 Å². The van der Waals surface area contributed by atoms with Crippen LogP contribution >= 0.6 is 0 Å². The zero-order valence-corrected chi connectivity index (χ0v) is 48.7. The van der Waals surface area contributed by atoms with Crippen LogP contribution in [0.5, 0.6) is 0 Å². The normalized spacial score (nSPS) is 12.7. The zero-order valence-electron chi connectivity index (χ0n) is 48.7. The van der Waals surface area contributed by atoms with E-state index in [9.17, 15) is 0 Å². The number of hydrogen-bond acceptors (Lipinski definition) is 4. The number of para-hydroxylation sites is 4. The van der Waals surface area contributed by atoms with Crippen LogP contribution in [-0.2, 0) is 5.41 Å². The molecule has 87 heavy (non-hydrogen) atoms. The van der Waals surface area contributed by atoms with E-state index in [0.29, 0.717) is 0 Å². The van der Waals surface area contributed by atoms with Crippen molar-refractivity contribution < 1.29 is 0 Å². The number of benzene rings is 15. The first-order valence-corrected chi connectivity index (χ1v) is 30.4. The van der Waals surface area contributed by atoms with E-state index in [0.717, 1.165) is 56.9 Å². The molecule has 0 saturated carbocycles. The van der Waals surface area contributed by atoms with Gasteiger partial charge in [-0.05, 0) is 201 Å². The summed E-state index contributed by atoms with van der Waals surface area (Å²) in [5.41, 5.74) is 18.2. The fraction of sp³-hybridized carbons (Fsp3) is 0.0488. The Morgan fingerprint density at radius 2 is 0.540 bits per heavy atom. The van der Waals surface area contributed by atoms with E-state index in [1.807, 2.05) is 0 Å². The summed E-state index contributed by atoms with van der Waals surface area (Å²) in [7, 11) is 0. The molecule has 0 atom stereocenters. The Hall–Kier alpha value is -10.9. The van der Waals surface area contributed by atoms with Gasteiger partial charge in [-0.15, -0.1) is 0 Å². The summed E-state index contributed by atoms with van der Waals surface area (Å²) >= 11 is 0. The molecule has 2 aliphatic heterocycles. The lowest BCUT2D eigenvalue weighted by Gasteiger charge is -2.45. The number of anilines is 12. The van der Waals surface area contributed by atoms with Crippen LogP contribution < -0.4 is 36.0 Å². The highest BCUT2D eigenvalue weighted by molar-refractivity contribution is 7.00. The second-order valence-corrected chi connectivity index (χ2v) is 24.4. The van der Waals surface area contributed by atoms with Gasteiger partial charge in [-0.3, -0.25) is 0 Å². The predicted molar refractivity (Wildman–Crippen MR) is 374 cm³/mol. The van der Waals surface area contributed by atoms with Crippen molar-refractivity contribution >= 4 is 156 Å². The third-order valence-corrected chi connectivity index (χ3v) is 18.5. The van der Waals surface area contributed by atoms with Crippen molar-refractivity contribution in [3.63, 3.8) is 0 Å². The Kier molecular flexibility index (Phi) is 11.6. The second kappa shape index (κ2) is 19.9. The summed E-state index contributed by atoms with van der Waals surface area (Å²) < 4.78 is 0. The predicted octanol–water partition coefficient (Wildman–Crippen LogP) is 20.9. The van der Waals surface area contributed by atoms with Crippen molar-refractivity contribution in [3.8, 4) is 0 Å². The molecule has 0 aromatic heterocycles. The fourth-order valence-corrected chi connectivity index (χ4v) is 14.5. The lowest BCUT2D eigenvalue weighted by atomic mass is 9.33. The molecular weight excluding hydrogens is 1050 g/mol. The molecule has 0 fully saturated rings. The monoisotopic (exact) mass is 1110 g/mol. The Balaban J connectivity index is 0.990. The summed E-state index contributed by atoms with van der Waals surface area (Å²) in [5, 5.41) is 15.0. The highest BCUT2D eigenvalue weighted by atomic mass is 15.2. The third-order valence-electron chi connectivity index (χ3n) is 18.5. The van der Waals surface area contributed by atoms with E-state index >= 15 is 0 Å². The zero-order chi connectivity index (χ0) is 57.9. The molecule has 0 spiro atoms. The average molecular weight is 1110 g/mol. The Morgan fingerprint density at radius 3 is 0.851 bits per heavy atom. The van der Waals surface area contributed by atoms with Crippen molar-refractivity contribution in [1.29, 1.82) is 0 Å². The smallest absolute Gasteiger partial charge is 0.252 e. The van der Waals surface area contributed by atoms with E-state index in [2.05, 4.69) is 344 Å². The fourth-order valence-electron chi connectivity index (χ4n) is 14.5. The summed E-state index contributed by atoms with van der Waals surface area (Å²) in [4.78, 5) is 10.0. The molecule has 15 aromatic carbocycles. The highest BCUT2D eigenvalue weighted by Gasteiger charge is 2.45. The van der Waals surface area contributed by atoms with Crippen LogP contribution in [0.3, 0.4) is 0 Å². The lowest BCUT2D eigenvalue weighted by Crippen LogP contribution is -2.61. The Morgan fingerprint density at radius 1 is 0.253 bits per heavy atom. The molecule has 2 heterocycles. The van der Waals surface area contributed by atoms with Gasteiger partial charge in [0.2, 0.25) is 0 Å². The topological polar surface area (TPSA) is 13.0 Å². The maximum absolute atomic E-state index is 2.62. The molecule has 410 valence electrons. The maximum Gasteiger partial charge on any atom is 0.252 e. The van der Waals surface area contributed by atoms with Gasteiger partial charge in [0.1, 0.15) is 0 Å². The molecule has 0 N–H and O–H groups in total. The first kappa shape index (κ1) is 50.6. The molecule has 5 heteroatoms. The molecule has 0 amide bonds. The van der Waals surface area contributed by atoms with Crippen molar-refractivity contribution in [3.05, 3.63) is 309 Å². The standard InChI is InChI=1S/C82H59BN4/c1-82(2,3)54-48-79-81-80(49-54)87(60-41-45-72-68-37-19-17-33-64(68)66-35-21-23-39-70(66)74(72)51-60)78-53-62(85(57-28-12-6-13-29-57)58-30-14-7-15-31-58)43-47-76(78)83(81)75-46-42-61(84(55-24-8-4-9-25-55)56-26-10-5-11-27-56)52-77(75)86(79)59-40-44-71-67-36-18-16-32-63(67)65-34-20-22-38-69(65)73(71)50-59/h4-53H,1-3H3. The largest absolute Gasteiger partial charge is 0.311 e. The SMILES string of the molecule is CC(C)(C)c1cc2c3c(c1)N(c1ccc4c5ccccc5c5ccccc5c4c1)c1cc(N(c4ccccc4)c4ccccc4)ccc1B3c1ccc(N(c3ccccc3)c3ccccc3)cc1N2c1ccc2c3ccccc3c3ccccc3c2c1. The summed E-state index contributed by atoms with van der Waals surface area (Å²) in [5.74, 6) is 0. The molecule has 0 bridgehead atoms. The molecule has 0 saturated heterocycles. The molecule has 0 radical (unpaired) electrons. The lowest BCUT2D eigenvalue weighted by molar-refractivity contribution is 0.590. The molecule has 4 nitrogen and oxygen atoms in total. The van der Waals surface area contributed by atoms with Crippen molar-refractivity contribution in [2.75, 3.05) is 19.6 Å². The van der Waals surface area contributed by atoms with Crippen LogP contribution in [0.4, 0.5) is 68.2 Å². The first-order valence-electron chi connectivity index (χ1n) is 30.4. The first-order chi connectivity index (χ1) is 42.8. The summed E-state index contributed by atoms with van der Waals surface area (Å²) in [6.07, 6.45) is 0. The molecule has 2 aliphatic rings. The molecule has 17 rings (SSSR count). The number of hydrogen-bond donors (Lipinski definition) is 0. The Bertz CT molecular complexity index is 4770. The van der Waals surface area contributed by atoms with E-state index in [-0.39, 0.29) is 12.1 Å². The van der Waals surface area contributed by atoms with E-state index in [1.165, 1.54) is 98.0 Å². The van der Waals surface area contributed by atoms with Crippen LogP contribution in [-0.4, -0.2) is 6.71 Å². The highest BCUT2D eigenvalue weighted by Crippen LogP contribution is 2.51. The van der Waals surface area contributed by atoms with Gasteiger partial charge >= 0.3 is 0 Å². The quantitative estimate of drug-likeness (QED) is 0.111. The summed E-state index contributed by atoms with van der Waals surface area (Å²) in [6, 6.07) is 113. The van der Waals surface area contributed by atoms with E-state index < -0.39 is 0 Å². The minimum atomic E-state index is -0.242. The molecule has 0 aliphatic carbocycles. The van der Waals surface area contributed by atoms with Crippen molar-refractivity contribution in [2.24, 2.45) is 0 Å². The van der Waals surface area contributed by atoms with Gasteiger partial charge in [0.25, 0.3) is 6.71 Å². The van der Waals surface area contributed by atoms with Crippen LogP contribution in [0.2, 0.25) is 0 Å². The molecule has 15 aromatic rings. The van der Waals surface area contributed by atoms with Gasteiger partial charge in [-0.1, -0.05) is 215 Å². The van der Waals surface area contributed by atoms with Crippen LogP contribution in [0.25, 0.3) is 64.6 Å². The van der Waals surface area contributed by atoms with Crippen LogP contribution in [0.1, 0.15) is 26.3 Å². The van der Waals surface area contributed by atoms with Gasteiger partial charge in [0.05, 0.1) is 0 Å². The molecule has 0 unspecified atom stereocenters. The third kappa shape index (κ3) is 8.07. The molecular formula is C82H59BN4. The van der Waals surface area contributed by atoms with Crippen LogP contribution in [0.15, 0.2) is 303 Å². The van der Waals surface area contributed by atoms with E-state index in [1.54, 1.807) is 0 Å². The van der Waals surface area contributed by atoms with E-state index in [4.69, 9.17) is 0 Å². The van der Waals surface area contributed by atoms with Gasteiger partial charge in [-0.2, -0.15) is 0 Å². The maximum atomic E-state index is 2.62. The van der Waals surface area contributed by atoms with Crippen molar-refractivity contribution in [1.82, 2.24) is 0 Å². The Labute approximate surface area is 507 Å². The number of fused-ring (bicyclic) bond motifs is 16. The van der Waals surface area contributed by atoms with Gasteiger partial charge in [-0.25, -0.2) is 0 Å². The minimum absolute atomic E-state index is 0.149. The minimum Gasteiger partial charge on any atom is -0.311 e. The van der Waals surface area contributed by atoms with Crippen LogP contribution in [0, 0.1) is 0 Å². The summed E-state index contributed by atoms with van der Waals surface area (Å²) in [6.45, 7) is 6.96. The van der Waals surface area contributed by atoms with Gasteiger partial charge in [0.15, 0.2) is 0 Å². The average Bonchev–Trinajstić information content (AvgIpc) is 0.875. The number of nitrogens with zero attached hydrogens (tertiary/aromatic N) is 4. The van der Waals surface area contributed by atoms with Crippen molar-refractivity contribution in [2.45, 2.75) is 26.2 Å².